The van der Waals surface area contributed by atoms with E-state index >= 15 is 0 Å². The van der Waals surface area contributed by atoms with Crippen molar-refractivity contribution in [3.05, 3.63) is 0 Å². The molecule has 118 valence electrons. The number of hydrogen-bond acceptors (Lipinski definition) is 5. The quantitative estimate of drug-likeness (QED) is 0.205. The largest absolute Gasteiger partial charge is 0.409 e. The molecule has 1 aliphatic heterocycles. The highest BCUT2D eigenvalue weighted by Gasteiger charge is 2.30. The van der Waals surface area contributed by atoms with Crippen molar-refractivity contribution in [3.63, 3.8) is 0 Å². The molecule has 0 saturated carbocycles. The van der Waals surface area contributed by atoms with E-state index in [-0.39, 0.29) is 16.5 Å². The predicted molar refractivity (Wildman–Crippen MR) is 80.7 cm³/mol. The lowest BCUT2D eigenvalue weighted by Gasteiger charge is -2.22. The van der Waals surface area contributed by atoms with Crippen LogP contribution in [0.4, 0.5) is 0 Å². The van der Waals surface area contributed by atoms with Crippen LogP contribution in [0.25, 0.3) is 0 Å². The highest BCUT2D eigenvalue weighted by Crippen LogP contribution is 2.23. The highest BCUT2D eigenvalue weighted by atomic mass is 32.2. The van der Waals surface area contributed by atoms with Crippen LogP contribution in [-0.4, -0.2) is 43.6 Å². The maximum absolute atomic E-state index is 11.6. The average molecular weight is 305 g/mol. The summed E-state index contributed by atoms with van der Waals surface area (Å²) in [7, 11) is -2.84. The van der Waals surface area contributed by atoms with Gasteiger partial charge in [-0.1, -0.05) is 25.4 Å². The van der Waals surface area contributed by atoms with Crippen molar-refractivity contribution in [3.8, 4) is 0 Å². The van der Waals surface area contributed by atoms with Crippen molar-refractivity contribution in [1.29, 1.82) is 0 Å². The van der Waals surface area contributed by atoms with Crippen LogP contribution < -0.4 is 11.1 Å². The smallest absolute Gasteiger partial charge is 0.154 e. The molecule has 1 aliphatic rings. The molecule has 0 spiro atoms. The molecular weight excluding hydrogens is 278 g/mol. The Balaban J connectivity index is 2.14. The summed E-state index contributed by atoms with van der Waals surface area (Å²) in [5, 5.41) is 14.8. The van der Waals surface area contributed by atoms with E-state index in [0.717, 1.165) is 38.6 Å². The average Bonchev–Trinajstić information content (AvgIpc) is 2.71. The van der Waals surface area contributed by atoms with Crippen LogP contribution in [-0.2, 0) is 9.84 Å². The van der Waals surface area contributed by atoms with Crippen LogP contribution in [0, 0.1) is 5.41 Å². The molecule has 1 fully saturated rings. The van der Waals surface area contributed by atoms with Gasteiger partial charge in [-0.05, 0) is 32.2 Å². The van der Waals surface area contributed by atoms with Gasteiger partial charge in [-0.2, -0.15) is 0 Å². The first-order valence-corrected chi connectivity index (χ1v) is 8.91. The third-order valence-electron chi connectivity index (χ3n) is 4.04. The molecular formula is C13H27N3O3S. The van der Waals surface area contributed by atoms with Gasteiger partial charge in [-0.3, -0.25) is 0 Å². The number of rotatable bonds is 8. The van der Waals surface area contributed by atoms with Crippen molar-refractivity contribution in [2.24, 2.45) is 16.3 Å². The number of hydrogen-bond donors (Lipinski definition) is 3. The molecule has 7 heteroatoms. The molecule has 6 nitrogen and oxygen atoms in total. The van der Waals surface area contributed by atoms with Gasteiger partial charge in [0, 0.05) is 12.0 Å². The molecule has 0 aliphatic carbocycles. The molecule has 0 amide bonds. The van der Waals surface area contributed by atoms with Gasteiger partial charge in [0.15, 0.2) is 9.84 Å². The Bertz CT molecular complexity index is 432. The lowest BCUT2D eigenvalue weighted by molar-refractivity contribution is 0.304. The van der Waals surface area contributed by atoms with Crippen LogP contribution in [0.15, 0.2) is 5.16 Å². The van der Waals surface area contributed by atoms with E-state index in [1.165, 1.54) is 0 Å². The second-order valence-electron chi connectivity index (χ2n) is 6.16. The fourth-order valence-corrected chi connectivity index (χ4v) is 4.23. The van der Waals surface area contributed by atoms with Gasteiger partial charge < -0.3 is 16.3 Å². The Morgan fingerprint density at radius 1 is 1.45 bits per heavy atom. The lowest BCUT2D eigenvalue weighted by atomic mass is 9.86. The second kappa shape index (κ2) is 7.26. The number of sulfone groups is 1. The Hall–Kier alpha value is -0.820. The van der Waals surface area contributed by atoms with E-state index in [0.29, 0.717) is 12.3 Å². The monoisotopic (exact) mass is 305 g/mol. The fraction of sp³-hybridized carbons (Fsp3) is 0.923. The summed E-state index contributed by atoms with van der Waals surface area (Å²) in [5.74, 6) is 0.593. The van der Waals surface area contributed by atoms with E-state index in [1.54, 1.807) is 0 Å². The van der Waals surface area contributed by atoms with Crippen LogP contribution in [0.2, 0.25) is 0 Å². The van der Waals surface area contributed by atoms with Crippen molar-refractivity contribution in [1.82, 2.24) is 5.32 Å². The van der Waals surface area contributed by atoms with Gasteiger partial charge in [0.25, 0.3) is 0 Å². The molecule has 1 unspecified atom stereocenters. The topological polar surface area (TPSA) is 105 Å². The zero-order valence-electron chi connectivity index (χ0n) is 12.4. The minimum absolute atomic E-state index is 0.198. The standard InChI is InChI=1S/C13H27N3O3S/c1-13(2,12(14)16-17)7-3-4-8-15-10-11-6-5-9-20(11,18)19/h11,15,17H,3-10H2,1-2H3,(H2,14,16). The lowest BCUT2D eigenvalue weighted by Crippen LogP contribution is -2.33. The summed E-state index contributed by atoms with van der Waals surface area (Å²) in [4.78, 5) is 0. The SMILES string of the molecule is CC(C)(CCCCNCC1CCCS1(=O)=O)C(N)=NO. The van der Waals surface area contributed by atoms with Crippen molar-refractivity contribution >= 4 is 15.7 Å². The summed E-state index contributed by atoms with van der Waals surface area (Å²) in [6.45, 7) is 5.26. The molecule has 0 radical (unpaired) electrons. The first kappa shape index (κ1) is 17.2. The minimum atomic E-state index is -2.84. The third-order valence-corrected chi connectivity index (χ3v) is 6.32. The van der Waals surface area contributed by atoms with Crippen molar-refractivity contribution in [2.75, 3.05) is 18.8 Å². The maximum Gasteiger partial charge on any atom is 0.154 e. The zero-order valence-corrected chi connectivity index (χ0v) is 13.2. The first-order valence-electron chi connectivity index (χ1n) is 7.20. The molecule has 20 heavy (non-hydrogen) atoms. The summed E-state index contributed by atoms with van der Waals surface area (Å²) in [6.07, 6.45) is 4.32. The molecule has 0 aromatic heterocycles. The molecule has 4 N–H and O–H groups in total. The molecule has 0 bridgehead atoms. The number of unbranched alkanes of at least 4 members (excludes halogenated alkanes) is 1. The van der Waals surface area contributed by atoms with Gasteiger partial charge in [0.2, 0.25) is 0 Å². The van der Waals surface area contributed by atoms with Gasteiger partial charge in [-0.15, -0.1) is 0 Å². The van der Waals surface area contributed by atoms with E-state index in [9.17, 15) is 8.42 Å². The summed E-state index contributed by atoms with van der Waals surface area (Å²) >= 11 is 0. The highest BCUT2D eigenvalue weighted by molar-refractivity contribution is 7.92. The van der Waals surface area contributed by atoms with Crippen LogP contribution in [0.5, 0.6) is 0 Å². The van der Waals surface area contributed by atoms with Crippen molar-refractivity contribution < 1.29 is 13.6 Å². The second-order valence-corrected chi connectivity index (χ2v) is 8.56. The molecule has 0 aromatic rings. The van der Waals surface area contributed by atoms with Gasteiger partial charge in [0.05, 0.1) is 11.0 Å². The molecule has 1 saturated heterocycles. The zero-order chi connectivity index (χ0) is 15.2. The number of oxime groups is 1. The molecule has 1 rings (SSSR count). The molecule has 1 atom stereocenters. The summed E-state index contributed by atoms with van der Waals surface area (Å²) in [6, 6.07) is 0. The van der Waals surface area contributed by atoms with E-state index < -0.39 is 9.84 Å². The number of nitrogens with two attached hydrogens (primary N) is 1. The third kappa shape index (κ3) is 4.94. The Morgan fingerprint density at radius 2 is 2.15 bits per heavy atom. The van der Waals surface area contributed by atoms with Crippen LogP contribution in [0.3, 0.4) is 0 Å². The Labute approximate surface area is 121 Å². The normalized spacial score (nSPS) is 23.1. The van der Waals surface area contributed by atoms with Crippen LogP contribution >= 0.6 is 0 Å². The predicted octanol–water partition coefficient (Wildman–Crippen LogP) is 1.10. The molecule has 0 aromatic carbocycles. The fourth-order valence-electron chi connectivity index (χ4n) is 2.43. The van der Waals surface area contributed by atoms with Gasteiger partial charge in [-0.25, -0.2) is 8.42 Å². The van der Waals surface area contributed by atoms with E-state index in [4.69, 9.17) is 10.9 Å². The van der Waals surface area contributed by atoms with Crippen LogP contribution in [0.1, 0.15) is 46.0 Å². The minimum Gasteiger partial charge on any atom is -0.409 e. The van der Waals surface area contributed by atoms with Gasteiger partial charge >= 0.3 is 0 Å². The van der Waals surface area contributed by atoms with Crippen molar-refractivity contribution in [2.45, 2.75) is 51.2 Å². The van der Waals surface area contributed by atoms with E-state index in [2.05, 4.69) is 10.5 Å². The Kier molecular flexibility index (Phi) is 6.26. The summed E-state index contributed by atoms with van der Waals surface area (Å²) < 4.78 is 23.3. The summed E-state index contributed by atoms with van der Waals surface area (Å²) in [5.41, 5.74) is 5.32. The number of nitrogens with one attached hydrogen (secondary N) is 1. The number of amidine groups is 1. The number of nitrogens with zero attached hydrogens (tertiary/aromatic N) is 1. The maximum atomic E-state index is 11.6. The first-order chi connectivity index (χ1) is 9.29. The van der Waals surface area contributed by atoms with Gasteiger partial charge in [0.1, 0.15) is 5.84 Å². The Morgan fingerprint density at radius 3 is 2.70 bits per heavy atom. The van der Waals surface area contributed by atoms with E-state index in [1.807, 2.05) is 13.8 Å². The molecule has 1 heterocycles.